The Labute approximate surface area is 177 Å². The number of furan rings is 1. The zero-order chi connectivity index (χ0) is 21.4. The average Bonchev–Trinajstić information content (AvgIpc) is 3.42. The topological polar surface area (TPSA) is 65.8 Å². The van der Waals surface area contributed by atoms with Gasteiger partial charge in [0, 0.05) is 29.7 Å². The lowest BCUT2D eigenvalue weighted by molar-refractivity contribution is 0.102. The summed E-state index contributed by atoms with van der Waals surface area (Å²) in [5.41, 5.74) is 3.58. The van der Waals surface area contributed by atoms with E-state index < -0.39 is 0 Å². The van der Waals surface area contributed by atoms with Gasteiger partial charge in [0.2, 0.25) is 0 Å². The van der Waals surface area contributed by atoms with Crippen molar-refractivity contribution in [2.75, 3.05) is 5.75 Å². The molecule has 0 aliphatic rings. The van der Waals surface area contributed by atoms with Gasteiger partial charge in [-0.05, 0) is 56.7 Å². The molecular weight excluding hydrogens is 403 g/mol. The molecule has 1 aromatic carbocycles. The van der Waals surface area contributed by atoms with E-state index in [-0.39, 0.29) is 17.4 Å². The van der Waals surface area contributed by atoms with Crippen molar-refractivity contribution in [2.45, 2.75) is 25.9 Å². The van der Waals surface area contributed by atoms with Gasteiger partial charge in [0.25, 0.3) is 0 Å². The van der Waals surface area contributed by atoms with Gasteiger partial charge in [-0.2, -0.15) is 0 Å². The predicted octanol–water partition coefficient (Wildman–Crippen LogP) is 4.91. The molecule has 0 spiro atoms. The van der Waals surface area contributed by atoms with E-state index in [9.17, 15) is 9.18 Å². The molecule has 6 nitrogen and oxygen atoms in total. The molecule has 0 radical (unpaired) electrons. The summed E-state index contributed by atoms with van der Waals surface area (Å²) in [5.74, 6) is 1.16. The van der Waals surface area contributed by atoms with Crippen molar-refractivity contribution in [1.29, 1.82) is 0 Å². The Morgan fingerprint density at radius 1 is 1.17 bits per heavy atom. The molecule has 30 heavy (non-hydrogen) atoms. The third kappa shape index (κ3) is 3.59. The summed E-state index contributed by atoms with van der Waals surface area (Å²) < 4.78 is 23.1. The van der Waals surface area contributed by atoms with E-state index in [0.29, 0.717) is 33.6 Å². The fourth-order valence-electron chi connectivity index (χ4n) is 3.43. The Bertz CT molecular complexity index is 1220. The molecule has 0 amide bonds. The maximum atomic E-state index is 14.0. The van der Waals surface area contributed by atoms with Gasteiger partial charge in [-0.25, -0.2) is 4.39 Å². The molecule has 4 aromatic rings. The fourth-order valence-corrected chi connectivity index (χ4v) is 4.23. The van der Waals surface area contributed by atoms with Crippen LogP contribution >= 0.6 is 11.8 Å². The van der Waals surface area contributed by atoms with E-state index in [4.69, 9.17) is 4.42 Å². The predicted molar refractivity (Wildman–Crippen MR) is 114 cm³/mol. The van der Waals surface area contributed by atoms with Crippen molar-refractivity contribution in [3.8, 4) is 17.3 Å². The molecule has 0 aliphatic heterocycles. The van der Waals surface area contributed by atoms with E-state index in [2.05, 4.69) is 10.2 Å². The van der Waals surface area contributed by atoms with Crippen molar-refractivity contribution >= 4 is 17.5 Å². The molecule has 0 aliphatic carbocycles. The second-order valence-electron chi connectivity index (χ2n) is 7.11. The van der Waals surface area contributed by atoms with Crippen LogP contribution in [0.3, 0.4) is 0 Å². The fraction of sp³-hybridized carbons (Fsp3) is 0.227. The lowest BCUT2D eigenvalue weighted by atomic mass is 10.2. The van der Waals surface area contributed by atoms with Gasteiger partial charge in [-0.3, -0.25) is 4.79 Å². The number of benzene rings is 1. The summed E-state index contributed by atoms with van der Waals surface area (Å²) in [7, 11) is 1.84. The zero-order valence-electron chi connectivity index (χ0n) is 17.1. The molecule has 0 saturated carbocycles. The van der Waals surface area contributed by atoms with Gasteiger partial charge in [-0.15, -0.1) is 10.2 Å². The largest absolute Gasteiger partial charge is 0.461 e. The highest BCUT2D eigenvalue weighted by molar-refractivity contribution is 7.99. The van der Waals surface area contributed by atoms with Gasteiger partial charge in [0.1, 0.15) is 5.82 Å². The highest BCUT2D eigenvalue weighted by Gasteiger charge is 2.19. The van der Waals surface area contributed by atoms with Crippen LogP contribution in [0.25, 0.3) is 17.3 Å². The van der Waals surface area contributed by atoms with Crippen molar-refractivity contribution in [2.24, 2.45) is 7.05 Å². The van der Waals surface area contributed by atoms with Crippen molar-refractivity contribution in [1.82, 2.24) is 19.3 Å². The Hall–Kier alpha value is -3.13. The zero-order valence-corrected chi connectivity index (χ0v) is 18.0. The van der Waals surface area contributed by atoms with Gasteiger partial charge in [0.15, 0.2) is 22.5 Å². The molecule has 0 N–H and O–H groups in total. The smallest absolute Gasteiger partial charge is 0.200 e. The summed E-state index contributed by atoms with van der Waals surface area (Å²) >= 11 is 1.32. The number of aryl methyl sites for hydroxylation is 2. The first kappa shape index (κ1) is 20.2. The second kappa shape index (κ2) is 7.95. The van der Waals surface area contributed by atoms with Crippen LogP contribution in [-0.2, 0) is 7.05 Å². The standard InChI is InChI=1S/C22H21FN4O2S/c1-13-7-8-16(11-18(13)23)27-14(2)10-17(15(27)3)19(28)12-30-22-25-24-21(26(22)4)20-6-5-9-29-20/h5-11H,12H2,1-4H3. The number of rotatable bonds is 6. The average molecular weight is 425 g/mol. The molecule has 0 atom stereocenters. The van der Waals surface area contributed by atoms with E-state index in [1.54, 1.807) is 29.9 Å². The molecule has 0 bridgehead atoms. The van der Waals surface area contributed by atoms with Crippen molar-refractivity contribution in [3.05, 3.63) is 71.0 Å². The molecular formula is C22H21FN4O2S. The molecule has 0 fully saturated rings. The van der Waals surface area contributed by atoms with Gasteiger partial charge in [0.05, 0.1) is 12.0 Å². The summed E-state index contributed by atoms with van der Waals surface area (Å²) in [6.07, 6.45) is 1.58. The summed E-state index contributed by atoms with van der Waals surface area (Å²) in [6.45, 7) is 5.51. The summed E-state index contributed by atoms with van der Waals surface area (Å²) in [4.78, 5) is 12.9. The number of thioether (sulfide) groups is 1. The maximum absolute atomic E-state index is 14.0. The number of ketones is 1. The van der Waals surface area contributed by atoms with Crippen LogP contribution < -0.4 is 0 Å². The first-order valence-corrected chi connectivity index (χ1v) is 10.4. The Morgan fingerprint density at radius 2 is 1.97 bits per heavy atom. The Morgan fingerprint density at radius 3 is 2.67 bits per heavy atom. The van der Waals surface area contributed by atoms with Crippen LogP contribution in [0.4, 0.5) is 4.39 Å². The number of Topliss-reactive ketones (excluding diaryl/α,β-unsaturated/α-hetero) is 1. The maximum Gasteiger partial charge on any atom is 0.200 e. The molecule has 154 valence electrons. The Kier molecular flexibility index (Phi) is 5.34. The van der Waals surface area contributed by atoms with Crippen LogP contribution in [-0.4, -0.2) is 30.9 Å². The molecule has 3 heterocycles. The quantitative estimate of drug-likeness (QED) is 0.325. The van der Waals surface area contributed by atoms with E-state index in [1.807, 2.05) is 43.7 Å². The number of nitrogens with zero attached hydrogens (tertiary/aromatic N) is 4. The minimum absolute atomic E-state index is 0.0190. The minimum atomic E-state index is -0.266. The van der Waals surface area contributed by atoms with E-state index in [1.165, 1.54) is 17.8 Å². The third-order valence-electron chi connectivity index (χ3n) is 5.05. The van der Waals surface area contributed by atoms with Crippen molar-refractivity contribution < 1.29 is 13.6 Å². The summed E-state index contributed by atoms with van der Waals surface area (Å²) in [5, 5.41) is 8.94. The highest BCUT2D eigenvalue weighted by Crippen LogP contribution is 2.26. The molecule has 4 rings (SSSR count). The lowest BCUT2D eigenvalue weighted by Crippen LogP contribution is -2.06. The second-order valence-corrected chi connectivity index (χ2v) is 8.05. The first-order valence-electron chi connectivity index (χ1n) is 9.41. The van der Waals surface area contributed by atoms with Gasteiger partial charge >= 0.3 is 0 Å². The normalized spacial score (nSPS) is 11.2. The number of aromatic nitrogens is 4. The number of carbonyl (C=O) groups is 1. The van der Waals surface area contributed by atoms with Crippen LogP contribution in [0.2, 0.25) is 0 Å². The van der Waals surface area contributed by atoms with Gasteiger partial charge in [-0.1, -0.05) is 17.8 Å². The van der Waals surface area contributed by atoms with Crippen molar-refractivity contribution in [3.63, 3.8) is 0 Å². The number of carbonyl (C=O) groups excluding carboxylic acids is 1. The monoisotopic (exact) mass is 424 g/mol. The molecule has 3 aromatic heterocycles. The molecule has 8 heteroatoms. The number of hydrogen-bond acceptors (Lipinski definition) is 5. The molecule has 0 saturated heterocycles. The van der Waals surface area contributed by atoms with Crippen LogP contribution in [0.15, 0.2) is 52.2 Å². The van der Waals surface area contributed by atoms with Crippen LogP contribution in [0, 0.1) is 26.6 Å². The lowest BCUT2D eigenvalue weighted by Gasteiger charge is -2.11. The third-order valence-corrected chi connectivity index (χ3v) is 6.07. The van der Waals surface area contributed by atoms with Crippen LogP contribution in [0.1, 0.15) is 27.3 Å². The SMILES string of the molecule is Cc1ccc(-n2c(C)cc(C(=O)CSc3nnc(-c4ccco4)n3C)c2C)cc1F. The number of hydrogen-bond donors (Lipinski definition) is 0. The summed E-state index contributed by atoms with van der Waals surface area (Å²) in [6, 6.07) is 10.5. The first-order chi connectivity index (χ1) is 14.4. The van der Waals surface area contributed by atoms with Crippen LogP contribution in [0.5, 0.6) is 0 Å². The molecule has 0 unspecified atom stereocenters. The minimum Gasteiger partial charge on any atom is -0.461 e. The van der Waals surface area contributed by atoms with E-state index in [0.717, 1.165) is 11.4 Å². The van der Waals surface area contributed by atoms with E-state index >= 15 is 0 Å². The number of halogens is 1. The highest BCUT2D eigenvalue weighted by atomic mass is 32.2. The Balaban J connectivity index is 1.54. The van der Waals surface area contributed by atoms with Gasteiger partial charge < -0.3 is 13.6 Å².